The molecule has 9 saturated heterocycles. The predicted octanol–water partition coefficient (Wildman–Crippen LogP) is 23.2. The number of amides is 6. The average molecular weight is 1920 g/mol. The molecule has 6 amide bonds. The van der Waals surface area contributed by atoms with Gasteiger partial charge in [-0.05, 0) is 183 Å². The maximum absolute atomic E-state index is 12.4. The minimum Gasteiger partial charge on any atom is -0.370 e. The molecule has 9 aromatic carbocycles. The van der Waals surface area contributed by atoms with Crippen molar-refractivity contribution in [2.45, 2.75) is 117 Å². The Hall–Kier alpha value is -8.36. The molecule has 29 heteroatoms. The molecule has 0 saturated carbocycles. The molecule has 15 nitrogen and oxygen atoms in total. The second-order valence-corrected chi connectivity index (χ2v) is 43.3. The summed E-state index contributed by atoms with van der Waals surface area (Å²) in [5.41, 5.74) is 13.0. The number of carbonyl (C=O) groups excluding carboxylic acids is 6. The quantitative estimate of drug-likeness (QED) is 0.0455. The second-order valence-electron chi connectivity index (χ2n) is 32.2. The number of nitrogens with zero attached hydrogens (tertiary/aromatic N) is 3. The summed E-state index contributed by atoms with van der Waals surface area (Å²) in [6, 6.07) is 63.5. The number of thioether (sulfide) groups is 6. The number of carbonyl (C=O) groups is 6. The molecular formula is C96H91Cl2N9O6S12. The number of halogens is 2. The Balaban J connectivity index is 0.000000129. The van der Waals surface area contributed by atoms with E-state index in [0.717, 1.165) is 129 Å². The zero-order chi connectivity index (χ0) is 88.8. The lowest BCUT2D eigenvalue weighted by Gasteiger charge is -2.32. The average Bonchev–Trinajstić information content (AvgIpc) is 1.50. The van der Waals surface area contributed by atoms with E-state index in [2.05, 4.69) is 204 Å². The Morgan fingerprint density at radius 2 is 0.672 bits per heavy atom. The molecular weight excluding hydrogens is 1830 g/mol. The summed E-state index contributed by atoms with van der Waals surface area (Å²) in [5.74, 6) is -0.641. The van der Waals surface area contributed by atoms with Gasteiger partial charge in [-0.25, -0.2) is 0 Å². The summed E-state index contributed by atoms with van der Waals surface area (Å²) >= 11 is 51.2. The third-order valence-electron chi connectivity index (χ3n) is 21.3. The van der Waals surface area contributed by atoms with Crippen molar-refractivity contribution >= 4 is 296 Å². The van der Waals surface area contributed by atoms with Gasteiger partial charge in [-0.2, -0.15) is 0 Å². The smallest absolute Gasteiger partial charge is 0.265 e. The van der Waals surface area contributed by atoms with Crippen LogP contribution in [0.25, 0.3) is 67.6 Å². The van der Waals surface area contributed by atoms with Gasteiger partial charge in [0.15, 0.2) is 0 Å². The normalized spacial score (nSPS) is 19.4. The highest BCUT2D eigenvalue weighted by Crippen LogP contribution is 2.44. The molecule has 9 aliphatic heterocycles. The lowest BCUT2D eigenvalue weighted by atomic mass is 9.86. The minimum absolute atomic E-state index is 0.0638. The van der Waals surface area contributed by atoms with E-state index >= 15 is 0 Å². The van der Waals surface area contributed by atoms with Crippen LogP contribution in [-0.4, -0.2) is 115 Å². The molecule has 9 aliphatic rings. The standard InChI is InChI=1S/C19H24N2OS2.C18H11NOS2.C16H18N2OS2.C15H14Cl2N2OS2.C14H9NOS2.C14H15NOS2/c1-19(2,3)14-9-7-13(8-10-14)15(21-11-5-4-6-12-21)16-17(22)20-18(23)24-16;20-17-16(22-18(21)19-17)10-12-9-11-5-1-2-6-13(11)15-8-4-3-7-14(12)15;1-11-5-7-12(8-6-11)13(18-9-3-2-4-10-18)14-15(19)17-16(20)21-14;16-9-5-4-6-10(17)11(9)12(19-7-2-1-3-8-19)13-14(20)18-15(21)22-13;16-13-12(18-14(17)15-13)8-10-6-3-5-9-4-1-2-7-11(9)10;1-14(2,3)10-6-4-9(5-7-10)8-11-12(16)15-13(17)18-11/h7-10H,4-6,11-12H2,1-3H3,(H,20,22,23);1-10H,(H,19,20,21);5-8H,2-4,9-10H2,1H3,(H,17,19,20);4-6H,1-3,7-8H2,(H,18,20,21);1-8H,(H,15,16,17);4-8H,1-3H3,(H,15,16,17)/b16-15+;16-10-;14-13+;13-12+;12-8-;11-8-. The summed E-state index contributed by atoms with van der Waals surface area (Å²) < 4.78 is 3.13. The third-order valence-corrected chi connectivity index (χ3v) is 29.0. The van der Waals surface area contributed by atoms with E-state index in [1.807, 2.05) is 78.9 Å². The predicted molar refractivity (Wildman–Crippen MR) is 554 cm³/mol. The first-order valence-corrected chi connectivity index (χ1v) is 48.9. The van der Waals surface area contributed by atoms with E-state index in [9.17, 15) is 28.8 Å². The Kier molecular flexibility index (Phi) is 32.5. The molecule has 0 unspecified atom stereocenters. The van der Waals surface area contributed by atoms with Crippen LogP contribution in [0.3, 0.4) is 0 Å². The number of fused-ring (bicyclic) bond motifs is 4. The van der Waals surface area contributed by atoms with E-state index < -0.39 is 0 Å². The largest absolute Gasteiger partial charge is 0.370 e. The maximum Gasteiger partial charge on any atom is 0.265 e. The van der Waals surface area contributed by atoms with Gasteiger partial charge in [0.2, 0.25) is 0 Å². The first-order chi connectivity index (χ1) is 59.9. The Morgan fingerprint density at radius 1 is 0.336 bits per heavy atom. The first-order valence-electron chi connectivity index (χ1n) is 40.8. The molecule has 0 spiro atoms. The van der Waals surface area contributed by atoms with Crippen molar-refractivity contribution in [3.05, 3.63) is 278 Å². The van der Waals surface area contributed by atoms with E-state index in [4.69, 9.17) is 96.5 Å². The summed E-state index contributed by atoms with van der Waals surface area (Å²) in [6.07, 6.45) is 16.3. The summed E-state index contributed by atoms with van der Waals surface area (Å²) in [4.78, 5) is 82.8. The van der Waals surface area contributed by atoms with Gasteiger partial charge < -0.3 is 46.6 Å². The highest BCUT2D eigenvalue weighted by atomic mass is 35.5. The van der Waals surface area contributed by atoms with Crippen LogP contribution in [0.15, 0.2) is 217 Å². The second kappa shape index (κ2) is 43.2. The summed E-state index contributed by atoms with van der Waals surface area (Å²) in [5, 5.41) is 24.2. The number of benzene rings is 9. The van der Waals surface area contributed by atoms with Crippen LogP contribution in [0.1, 0.15) is 149 Å². The molecule has 9 fully saturated rings. The van der Waals surface area contributed by atoms with Crippen molar-refractivity contribution in [2.75, 3.05) is 39.3 Å². The van der Waals surface area contributed by atoms with Crippen LogP contribution in [0.2, 0.25) is 10.0 Å². The van der Waals surface area contributed by atoms with Crippen molar-refractivity contribution in [3.63, 3.8) is 0 Å². The zero-order valence-corrected chi connectivity index (χ0v) is 81.0. The van der Waals surface area contributed by atoms with Crippen molar-refractivity contribution in [2.24, 2.45) is 0 Å². The monoisotopic (exact) mass is 1920 g/mol. The fourth-order valence-corrected chi connectivity index (χ4v) is 22.2. The molecule has 0 bridgehead atoms. The van der Waals surface area contributed by atoms with Gasteiger partial charge in [0.05, 0.1) is 41.9 Å². The van der Waals surface area contributed by atoms with Gasteiger partial charge in [-0.15, -0.1) is 0 Å². The van der Waals surface area contributed by atoms with Crippen LogP contribution in [-0.2, 0) is 39.6 Å². The molecule has 0 atom stereocenters. The van der Waals surface area contributed by atoms with E-state index in [-0.39, 0.29) is 46.3 Å². The van der Waals surface area contributed by atoms with Crippen molar-refractivity contribution in [1.29, 1.82) is 0 Å². The highest BCUT2D eigenvalue weighted by Gasteiger charge is 2.35. The summed E-state index contributed by atoms with van der Waals surface area (Å²) in [6.45, 7) is 21.0. The number of hydrogen-bond donors (Lipinski definition) is 6. The number of nitrogens with one attached hydrogen (secondary N) is 6. The fraction of sp³-hybridized carbons (Fsp3) is 0.250. The van der Waals surface area contributed by atoms with E-state index in [0.29, 0.717) is 55.6 Å². The Morgan fingerprint density at radius 3 is 1.09 bits per heavy atom. The van der Waals surface area contributed by atoms with Crippen molar-refractivity contribution in [3.8, 4) is 0 Å². The molecule has 9 aromatic rings. The molecule has 642 valence electrons. The third kappa shape index (κ3) is 24.5. The summed E-state index contributed by atoms with van der Waals surface area (Å²) in [7, 11) is 0. The SMILES string of the molecule is CC(C)(C)c1ccc(/C(=C2\SC(=S)NC2=O)N2CCCCC2)cc1.CC(C)(C)c1ccc(/C=C2\SC(=S)NC2=O)cc1.Cc1ccc(/C(=C2\SC(=S)NC2=O)N2CCCCC2)cc1.O=C1NC(=S)S/C1=C(\c1c(Cl)cccc1Cl)N1CCCCC1.O=C1NC(=S)S/C1=C\c1cc2ccccc2c2ccccc12.O=C1NC(=S)S/C1=C\c1cccc2ccccc12. The Bertz CT molecular complexity index is 5990. The molecule has 0 radical (unpaired) electrons. The molecule has 125 heavy (non-hydrogen) atoms. The topological polar surface area (TPSA) is 184 Å². The number of likely N-dealkylation sites (tertiary alicyclic amines) is 3. The number of hydrogen-bond acceptors (Lipinski definition) is 21. The number of rotatable bonds is 9. The lowest BCUT2D eigenvalue weighted by Crippen LogP contribution is -2.30. The van der Waals surface area contributed by atoms with Gasteiger partial charge in [0, 0.05) is 44.8 Å². The van der Waals surface area contributed by atoms with Crippen LogP contribution < -0.4 is 31.9 Å². The van der Waals surface area contributed by atoms with Crippen molar-refractivity contribution < 1.29 is 28.8 Å². The molecule has 18 rings (SSSR count). The van der Waals surface area contributed by atoms with Gasteiger partial charge >= 0.3 is 0 Å². The van der Waals surface area contributed by atoms with Gasteiger partial charge in [-0.1, -0.05) is 384 Å². The van der Waals surface area contributed by atoms with Gasteiger partial charge in [-0.3, -0.25) is 28.8 Å². The van der Waals surface area contributed by atoms with Crippen LogP contribution in [0, 0.1) is 6.92 Å². The maximum atomic E-state index is 12.4. The fourth-order valence-electron chi connectivity index (χ4n) is 15.0. The molecule has 6 N–H and O–H groups in total. The highest BCUT2D eigenvalue weighted by molar-refractivity contribution is 8.28. The van der Waals surface area contributed by atoms with E-state index in [1.54, 1.807) is 18.2 Å². The van der Waals surface area contributed by atoms with Crippen molar-refractivity contribution in [1.82, 2.24) is 46.6 Å². The van der Waals surface area contributed by atoms with Gasteiger partial charge in [0.1, 0.15) is 40.6 Å². The van der Waals surface area contributed by atoms with Crippen LogP contribution >= 0.6 is 167 Å². The number of aryl methyl sites for hydroxylation is 1. The van der Waals surface area contributed by atoms with Gasteiger partial charge in [0.25, 0.3) is 35.4 Å². The van der Waals surface area contributed by atoms with E-state index in [1.165, 1.54) is 148 Å². The first kappa shape index (κ1) is 94.3. The van der Waals surface area contributed by atoms with Crippen LogP contribution in [0.5, 0.6) is 0 Å². The van der Waals surface area contributed by atoms with Crippen LogP contribution in [0.4, 0.5) is 0 Å². The number of piperidine rings is 3. The molecule has 9 heterocycles. The molecule has 0 aromatic heterocycles. The molecule has 0 aliphatic carbocycles. The number of thiocarbonyl (C=S) groups is 6. The zero-order valence-electron chi connectivity index (χ0n) is 69.7. The minimum atomic E-state index is -0.174. The lowest BCUT2D eigenvalue weighted by molar-refractivity contribution is -0.116. The Labute approximate surface area is 797 Å².